The molecule has 1 aliphatic heterocycles. The summed E-state index contributed by atoms with van der Waals surface area (Å²) in [4.78, 5) is 28.8. The first-order valence-corrected chi connectivity index (χ1v) is 12.1. The SMILES string of the molecule is O=C(COC(=O)CN=C1NS(=O)(=O)c2ccccc21)NC(Cc1ccccc1)c1ccccc1. The minimum absolute atomic E-state index is 0.0732. The number of amides is 1. The molecule has 1 unspecified atom stereocenters. The number of nitrogens with zero attached hydrogens (tertiary/aromatic N) is 1. The van der Waals surface area contributed by atoms with Crippen molar-refractivity contribution < 1.29 is 22.7 Å². The summed E-state index contributed by atoms with van der Waals surface area (Å²) >= 11 is 0. The van der Waals surface area contributed by atoms with Gasteiger partial charge in [0.2, 0.25) is 0 Å². The average molecular weight is 478 g/mol. The van der Waals surface area contributed by atoms with Crippen molar-refractivity contribution in [3.8, 4) is 0 Å². The Morgan fingerprint density at radius 1 is 0.912 bits per heavy atom. The molecule has 1 atom stereocenters. The smallest absolute Gasteiger partial charge is 0.328 e. The highest BCUT2D eigenvalue weighted by Crippen LogP contribution is 2.22. The zero-order valence-electron chi connectivity index (χ0n) is 18.2. The van der Waals surface area contributed by atoms with Crippen molar-refractivity contribution in [3.63, 3.8) is 0 Å². The first-order valence-electron chi connectivity index (χ1n) is 10.6. The second kappa shape index (κ2) is 10.3. The zero-order valence-corrected chi connectivity index (χ0v) is 19.0. The van der Waals surface area contributed by atoms with Crippen molar-refractivity contribution >= 4 is 27.7 Å². The highest BCUT2D eigenvalue weighted by molar-refractivity contribution is 7.90. The minimum atomic E-state index is -3.69. The number of amidine groups is 1. The van der Waals surface area contributed by atoms with Crippen molar-refractivity contribution in [2.45, 2.75) is 17.4 Å². The van der Waals surface area contributed by atoms with E-state index >= 15 is 0 Å². The maximum atomic E-state index is 12.5. The molecule has 8 nitrogen and oxygen atoms in total. The first-order chi connectivity index (χ1) is 16.4. The van der Waals surface area contributed by atoms with E-state index in [1.54, 1.807) is 18.2 Å². The van der Waals surface area contributed by atoms with Gasteiger partial charge < -0.3 is 10.1 Å². The molecular weight excluding hydrogens is 454 g/mol. The number of esters is 1. The average Bonchev–Trinajstić information content (AvgIpc) is 3.12. The molecule has 34 heavy (non-hydrogen) atoms. The number of ether oxygens (including phenoxy) is 1. The largest absolute Gasteiger partial charge is 0.454 e. The fraction of sp³-hybridized carbons (Fsp3) is 0.160. The summed E-state index contributed by atoms with van der Waals surface area (Å²) < 4.78 is 31.6. The number of carbonyl (C=O) groups is 2. The quantitative estimate of drug-likeness (QED) is 0.484. The van der Waals surface area contributed by atoms with Crippen LogP contribution in [0.25, 0.3) is 0 Å². The Balaban J connectivity index is 1.34. The summed E-state index contributed by atoms with van der Waals surface area (Å²) in [5.74, 6) is -1.12. The van der Waals surface area contributed by atoms with Crippen molar-refractivity contribution in [2.75, 3.05) is 13.2 Å². The van der Waals surface area contributed by atoms with Crippen molar-refractivity contribution in [1.29, 1.82) is 0 Å². The Bertz CT molecular complexity index is 1310. The molecule has 9 heteroatoms. The molecular formula is C25H23N3O5S. The molecule has 1 aliphatic rings. The molecule has 1 heterocycles. The third-order valence-corrected chi connectivity index (χ3v) is 6.61. The van der Waals surface area contributed by atoms with Crippen LogP contribution in [0.2, 0.25) is 0 Å². The molecule has 3 aromatic rings. The number of benzene rings is 3. The van der Waals surface area contributed by atoms with Crippen molar-refractivity contribution in [1.82, 2.24) is 10.0 Å². The molecule has 0 radical (unpaired) electrons. The molecule has 0 saturated carbocycles. The van der Waals surface area contributed by atoms with E-state index in [4.69, 9.17) is 4.74 Å². The van der Waals surface area contributed by atoms with E-state index in [2.05, 4.69) is 15.0 Å². The Morgan fingerprint density at radius 2 is 1.56 bits per heavy atom. The van der Waals surface area contributed by atoms with Gasteiger partial charge in [0.15, 0.2) is 6.61 Å². The van der Waals surface area contributed by atoms with Crippen LogP contribution in [0.3, 0.4) is 0 Å². The molecule has 0 aliphatic carbocycles. The van der Waals surface area contributed by atoms with Gasteiger partial charge in [-0.05, 0) is 29.7 Å². The highest BCUT2D eigenvalue weighted by Gasteiger charge is 2.30. The lowest BCUT2D eigenvalue weighted by Gasteiger charge is -2.19. The minimum Gasteiger partial charge on any atom is -0.454 e. The van der Waals surface area contributed by atoms with Crippen LogP contribution in [-0.4, -0.2) is 39.3 Å². The van der Waals surface area contributed by atoms with E-state index in [0.29, 0.717) is 12.0 Å². The van der Waals surface area contributed by atoms with Crippen LogP contribution in [-0.2, 0) is 30.8 Å². The van der Waals surface area contributed by atoms with Crippen LogP contribution in [0.4, 0.5) is 0 Å². The van der Waals surface area contributed by atoms with E-state index in [0.717, 1.165) is 11.1 Å². The molecule has 0 spiro atoms. The van der Waals surface area contributed by atoms with Gasteiger partial charge >= 0.3 is 5.97 Å². The first kappa shape index (κ1) is 23.2. The number of hydrogen-bond acceptors (Lipinski definition) is 6. The van der Waals surface area contributed by atoms with Crippen molar-refractivity contribution in [2.24, 2.45) is 4.99 Å². The van der Waals surface area contributed by atoms with Crippen LogP contribution in [0, 0.1) is 0 Å². The summed E-state index contributed by atoms with van der Waals surface area (Å²) in [5, 5.41) is 2.91. The number of hydrogen-bond donors (Lipinski definition) is 2. The van der Waals surface area contributed by atoms with Gasteiger partial charge in [0.1, 0.15) is 12.4 Å². The second-order valence-electron chi connectivity index (χ2n) is 7.65. The highest BCUT2D eigenvalue weighted by atomic mass is 32.2. The predicted molar refractivity (Wildman–Crippen MR) is 127 cm³/mol. The number of carbonyl (C=O) groups excluding carboxylic acids is 2. The molecule has 174 valence electrons. The Labute approximate surface area is 197 Å². The monoisotopic (exact) mass is 477 g/mol. The maximum Gasteiger partial charge on any atom is 0.328 e. The predicted octanol–water partition coefficient (Wildman–Crippen LogP) is 2.37. The number of nitrogens with one attached hydrogen (secondary N) is 2. The van der Waals surface area contributed by atoms with Gasteiger partial charge in [-0.15, -0.1) is 0 Å². The maximum absolute atomic E-state index is 12.5. The van der Waals surface area contributed by atoms with Crippen LogP contribution in [0.15, 0.2) is 94.8 Å². The van der Waals surface area contributed by atoms with Gasteiger partial charge in [-0.2, -0.15) is 0 Å². The van der Waals surface area contributed by atoms with Crippen molar-refractivity contribution in [3.05, 3.63) is 102 Å². The summed E-state index contributed by atoms with van der Waals surface area (Å²) in [6.07, 6.45) is 0.581. The molecule has 2 N–H and O–H groups in total. The Hall–Kier alpha value is -3.98. The summed E-state index contributed by atoms with van der Waals surface area (Å²) in [6.45, 7) is -0.893. The van der Waals surface area contributed by atoms with Crippen LogP contribution in [0.5, 0.6) is 0 Å². The summed E-state index contributed by atoms with van der Waals surface area (Å²) in [5.41, 5.74) is 2.38. The Morgan fingerprint density at radius 3 is 2.29 bits per heavy atom. The van der Waals surface area contributed by atoms with Gasteiger partial charge in [0.05, 0.1) is 10.9 Å². The van der Waals surface area contributed by atoms with Gasteiger partial charge in [-0.25, -0.2) is 8.42 Å². The van der Waals surface area contributed by atoms with Crippen LogP contribution < -0.4 is 10.0 Å². The molecule has 3 aromatic carbocycles. The fourth-order valence-corrected chi connectivity index (χ4v) is 4.86. The standard InChI is InChI=1S/C25H23N3O5S/c29-23(27-21(19-11-5-2-6-12-19)15-18-9-3-1-4-10-18)17-33-24(30)16-26-25-20-13-7-8-14-22(20)34(31,32)28-25/h1-14,21H,15-17H2,(H,26,28)(H,27,29). The third kappa shape index (κ3) is 5.68. The van der Waals surface area contributed by atoms with E-state index in [1.807, 2.05) is 60.7 Å². The van der Waals surface area contributed by atoms with E-state index in [1.165, 1.54) is 6.07 Å². The number of fused-ring (bicyclic) bond motifs is 1. The molecule has 0 bridgehead atoms. The Kier molecular flexibility index (Phi) is 7.03. The van der Waals surface area contributed by atoms with Gasteiger partial charge in [-0.3, -0.25) is 19.3 Å². The lowest BCUT2D eigenvalue weighted by atomic mass is 9.99. The number of sulfonamides is 1. The molecule has 0 aromatic heterocycles. The lowest BCUT2D eigenvalue weighted by Crippen LogP contribution is -2.34. The normalized spacial score (nSPS) is 15.7. The topological polar surface area (TPSA) is 114 Å². The van der Waals surface area contributed by atoms with E-state index < -0.39 is 35.1 Å². The molecule has 1 amide bonds. The fourth-order valence-electron chi connectivity index (χ4n) is 3.61. The number of aliphatic imine (C=N–C) groups is 1. The summed E-state index contributed by atoms with van der Waals surface area (Å²) in [6, 6.07) is 25.4. The molecule has 4 rings (SSSR count). The van der Waals surface area contributed by atoms with Gasteiger partial charge in [-0.1, -0.05) is 72.8 Å². The van der Waals surface area contributed by atoms with E-state index in [9.17, 15) is 18.0 Å². The van der Waals surface area contributed by atoms with Crippen LogP contribution in [0.1, 0.15) is 22.7 Å². The van der Waals surface area contributed by atoms with Gasteiger partial charge in [0.25, 0.3) is 15.9 Å². The molecule has 0 fully saturated rings. The van der Waals surface area contributed by atoms with Gasteiger partial charge in [0, 0.05) is 5.56 Å². The van der Waals surface area contributed by atoms with E-state index in [-0.39, 0.29) is 16.8 Å². The second-order valence-corrected chi connectivity index (χ2v) is 9.30. The third-order valence-electron chi connectivity index (χ3n) is 5.21. The lowest BCUT2D eigenvalue weighted by molar-refractivity contribution is -0.147. The number of rotatable bonds is 8. The molecule has 0 saturated heterocycles. The van der Waals surface area contributed by atoms with Crippen LogP contribution >= 0.6 is 0 Å². The summed E-state index contributed by atoms with van der Waals surface area (Å²) in [7, 11) is -3.69. The zero-order chi connectivity index (χ0) is 24.0.